The third kappa shape index (κ3) is 4.63. The number of amides is 2. The smallest absolute Gasteiger partial charge is 0.237 e. The van der Waals surface area contributed by atoms with Crippen molar-refractivity contribution in [3.05, 3.63) is 52.5 Å². The third-order valence-electron chi connectivity index (χ3n) is 6.92. The Kier molecular flexibility index (Phi) is 6.12. The van der Waals surface area contributed by atoms with Crippen molar-refractivity contribution in [3.8, 4) is 5.75 Å². The number of piperazine rings is 1. The second-order valence-corrected chi connectivity index (χ2v) is 9.94. The van der Waals surface area contributed by atoms with E-state index in [2.05, 4.69) is 21.2 Å². The SMILES string of the molecule is O=C(Nc1ccc(O)c(Cl)c1)[C@@H]1CCN(CC(=O)N2C[C@@H]3C[C@H]2CN3c2cccc(Cl)c2)C1. The fourth-order valence-corrected chi connectivity index (χ4v) is 5.61. The highest BCUT2D eigenvalue weighted by Crippen LogP contribution is 2.35. The number of benzene rings is 2. The summed E-state index contributed by atoms with van der Waals surface area (Å²) in [6, 6.07) is 13.0. The van der Waals surface area contributed by atoms with Crippen LogP contribution in [-0.4, -0.2) is 71.5 Å². The van der Waals surface area contributed by atoms with Crippen LogP contribution < -0.4 is 10.2 Å². The first-order chi connectivity index (χ1) is 15.9. The zero-order chi connectivity index (χ0) is 23.1. The number of halogens is 2. The summed E-state index contributed by atoms with van der Waals surface area (Å²) < 4.78 is 0. The van der Waals surface area contributed by atoms with Crippen molar-refractivity contribution in [1.29, 1.82) is 0 Å². The van der Waals surface area contributed by atoms with Crippen molar-refractivity contribution in [2.75, 3.05) is 42.9 Å². The second kappa shape index (κ2) is 9.05. The average molecular weight is 489 g/mol. The maximum Gasteiger partial charge on any atom is 0.237 e. The predicted molar refractivity (Wildman–Crippen MR) is 129 cm³/mol. The van der Waals surface area contributed by atoms with Crippen LogP contribution in [0.25, 0.3) is 0 Å². The van der Waals surface area contributed by atoms with E-state index in [4.69, 9.17) is 23.2 Å². The summed E-state index contributed by atoms with van der Waals surface area (Å²) in [5.41, 5.74) is 1.67. The molecular weight excluding hydrogens is 463 g/mol. The number of phenols is 1. The van der Waals surface area contributed by atoms with E-state index >= 15 is 0 Å². The Bertz CT molecular complexity index is 1080. The first kappa shape index (κ1) is 22.3. The zero-order valence-electron chi connectivity index (χ0n) is 18.1. The number of carbonyl (C=O) groups is 2. The number of fused-ring (bicyclic) bond motifs is 2. The highest BCUT2D eigenvalue weighted by molar-refractivity contribution is 6.32. The van der Waals surface area contributed by atoms with Gasteiger partial charge >= 0.3 is 0 Å². The molecule has 7 nitrogen and oxygen atoms in total. The number of carbonyl (C=O) groups excluding carboxylic acids is 2. The Morgan fingerprint density at radius 2 is 1.91 bits per heavy atom. The van der Waals surface area contributed by atoms with E-state index in [1.54, 1.807) is 6.07 Å². The van der Waals surface area contributed by atoms with E-state index in [-0.39, 0.29) is 34.5 Å². The molecule has 3 atom stereocenters. The van der Waals surface area contributed by atoms with Gasteiger partial charge in [0.1, 0.15) is 5.75 Å². The first-order valence-corrected chi connectivity index (χ1v) is 12.0. The Labute approximate surface area is 202 Å². The Morgan fingerprint density at radius 3 is 2.64 bits per heavy atom. The number of nitrogens with zero attached hydrogens (tertiary/aromatic N) is 3. The normalized spacial score (nSPS) is 24.5. The van der Waals surface area contributed by atoms with Gasteiger partial charge in [-0.05, 0) is 55.8 Å². The summed E-state index contributed by atoms with van der Waals surface area (Å²) in [5, 5.41) is 13.3. The fraction of sp³-hybridized carbons (Fsp3) is 0.417. The van der Waals surface area contributed by atoms with E-state index in [1.807, 2.05) is 23.1 Å². The van der Waals surface area contributed by atoms with Crippen molar-refractivity contribution < 1.29 is 14.7 Å². The summed E-state index contributed by atoms with van der Waals surface area (Å²) in [7, 11) is 0. The molecule has 0 radical (unpaired) electrons. The summed E-state index contributed by atoms with van der Waals surface area (Å²) >= 11 is 12.1. The molecule has 0 saturated carbocycles. The molecule has 174 valence electrons. The molecule has 0 aromatic heterocycles. The van der Waals surface area contributed by atoms with Crippen molar-refractivity contribution in [1.82, 2.24) is 9.80 Å². The highest BCUT2D eigenvalue weighted by atomic mass is 35.5. The summed E-state index contributed by atoms with van der Waals surface area (Å²) in [6.45, 7) is 3.18. The number of anilines is 2. The van der Waals surface area contributed by atoms with Crippen molar-refractivity contribution in [3.63, 3.8) is 0 Å². The van der Waals surface area contributed by atoms with E-state index in [0.29, 0.717) is 31.2 Å². The van der Waals surface area contributed by atoms with E-state index in [1.165, 1.54) is 12.1 Å². The molecule has 3 heterocycles. The average Bonchev–Trinajstić information content (AvgIpc) is 3.52. The quantitative estimate of drug-likeness (QED) is 0.630. The summed E-state index contributed by atoms with van der Waals surface area (Å²) in [5.74, 6) is -0.158. The van der Waals surface area contributed by atoms with Gasteiger partial charge < -0.3 is 20.2 Å². The summed E-state index contributed by atoms with van der Waals surface area (Å²) in [6.07, 6.45) is 1.69. The van der Waals surface area contributed by atoms with E-state index in [9.17, 15) is 14.7 Å². The third-order valence-corrected chi connectivity index (χ3v) is 7.46. The molecule has 2 amide bonds. The lowest BCUT2D eigenvalue weighted by Gasteiger charge is -2.36. The molecule has 0 spiro atoms. The molecule has 2 aromatic carbocycles. The first-order valence-electron chi connectivity index (χ1n) is 11.2. The molecule has 3 aliphatic heterocycles. The lowest BCUT2D eigenvalue weighted by molar-refractivity contribution is -0.133. The lowest BCUT2D eigenvalue weighted by atomic mass is 10.1. The number of phenolic OH excluding ortho intramolecular Hbond substituents is 1. The maximum atomic E-state index is 13.0. The van der Waals surface area contributed by atoms with Gasteiger partial charge in [-0.15, -0.1) is 0 Å². The number of rotatable bonds is 5. The van der Waals surface area contributed by atoms with Gasteiger partial charge in [-0.1, -0.05) is 29.3 Å². The Balaban J connectivity index is 1.12. The van der Waals surface area contributed by atoms with Crippen molar-refractivity contribution in [2.45, 2.75) is 24.9 Å². The minimum absolute atomic E-state index is 0.0217. The van der Waals surface area contributed by atoms with Gasteiger partial charge in [0, 0.05) is 42.1 Å². The molecule has 0 aliphatic carbocycles. The van der Waals surface area contributed by atoms with E-state index in [0.717, 1.165) is 36.8 Å². The number of hydrogen-bond donors (Lipinski definition) is 2. The predicted octanol–water partition coefficient (Wildman–Crippen LogP) is 3.45. The molecule has 3 fully saturated rings. The second-order valence-electron chi connectivity index (χ2n) is 9.10. The van der Waals surface area contributed by atoms with Gasteiger partial charge in [0.25, 0.3) is 0 Å². The van der Waals surface area contributed by atoms with Crippen LogP contribution in [-0.2, 0) is 9.59 Å². The molecule has 5 rings (SSSR count). The molecule has 3 aliphatic rings. The molecule has 33 heavy (non-hydrogen) atoms. The molecule has 2 bridgehead atoms. The number of hydrogen-bond acceptors (Lipinski definition) is 5. The maximum absolute atomic E-state index is 13.0. The Morgan fingerprint density at radius 1 is 1.06 bits per heavy atom. The molecular formula is C24H26Cl2N4O3. The van der Waals surface area contributed by atoms with Gasteiger partial charge in [-0.25, -0.2) is 0 Å². The van der Waals surface area contributed by atoms with E-state index < -0.39 is 0 Å². The standard InChI is InChI=1S/C24H26Cl2N4O3/c25-16-2-1-3-18(8-16)29-12-20-10-19(29)13-30(20)23(32)14-28-7-6-15(11-28)24(33)27-17-4-5-22(31)21(26)9-17/h1-5,8-9,15,19-20,31H,6-7,10-14H2,(H,27,33)/t15-,19+,20+/m1/s1. The number of aromatic hydroxyl groups is 1. The monoisotopic (exact) mass is 488 g/mol. The fourth-order valence-electron chi connectivity index (χ4n) is 5.24. The lowest BCUT2D eigenvalue weighted by Crippen LogP contribution is -2.51. The molecule has 9 heteroatoms. The molecule has 3 saturated heterocycles. The minimum Gasteiger partial charge on any atom is -0.506 e. The number of nitrogens with one attached hydrogen (secondary N) is 1. The topological polar surface area (TPSA) is 76.1 Å². The summed E-state index contributed by atoms with van der Waals surface area (Å²) in [4.78, 5) is 32.1. The van der Waals surface area contributed by atoms with Crippen LogP contribution in [0, 0.1) is 5.92 Å². The van der Waals surface area contributed by atoms with Gasteiger partial charge in [-0.2, -0.15) is 0 Å². The molecule has 2 N–H and O–H groups in total. The van der Waals surface area contributed by atoms with Crippen molar-refractivity contribution >= 4 is 46.4 Å². The van der Waals surface area contributed by atoms with Crippen LogP contribution in [0.3, 0.4) is 0 Å². The largest absolute Gasteiger partial charge is 0.506 e. The van der Waals surface area contributed by atoms with Gasteiger partial charge in [-0.3, -0.25) is 14.5 Å². The van der Waals surface area contributed by atoms with Gasteiger partial charge in [0.05, 0.1) is 23.5 Å². The van der Waals surface area contributed by atoms with Crippen molar-refractivity contribution in [2.24, 2.45) is 5.92 Å². The van der Waals surface area contributed by atoms with Crippen LogP contribution >= 0.6 is 23.2 Å². The highest BCUT2D eigenvalue weighted by Gasteiger charge is 2.45. The van der Waals surface area contributed by atoms with Crippen LogP contribution in [0.1, 0.15) is 12.8 Å². The zero-order valence-corrected chi connectivity index (χ0v) is 19.6. The van der Waals surface area contributed by atoms with Gasteiger partial charge in [0.15, 0.2) is 0 Å². The minimum atomic E-state index is -0.182. The van der Waals surface area contributed by atoms with Gasteiger partial charge in [0.2, 0.25) is 11.8 Å². The Hall–Kier alpha value is -2.48. The van der Waals surface area contributed by atoms with Crippen LogP contribution in [0.15, 0.2) is 42.5 Å². The van der Waals surface area contributed by atoms with Crippen LogP contribution in [0.5, 0.6) is 5.75 Å². The molecule has 2 aromatic rings. The molecule has 0 unspecified atom stereocenters. The van der Waals surface area contributed by atoms with Crippen LogP contribution in [0.2, 0.25) is 10.0 Å². The van der Waals surface area contributed by atoms with Crippen LogP contribution in [0.4, 0.5) is 11.4 Å². The number of likely N-dealkylation sites (tertiary alicyclic amines) is 2.